The lowest BCUT2D eigenvalue weighted by atomic mass is 9.68. The average Bonchev–Trinajstić information content (AvgIpc) is 1.99. The fraction of sp³-hybridized carbons (Fsp3) is 0.0250. The first kappa shape index (κ1) is 48.2. The Kier molecular flexibility index (Phi) is 10.9. The van der Waals surface area contributed by atoms with Crippen molar-refractivity contribution < 1.29 is 4.42 Å². The van der Waals surface area contributed by atoms with Gasteiger partial charge in [0.05, 0.1) is 39.0 Å². The fourth-order valence-corrected chi connectivity index (χ4v) is 15.9. The van der Waals surface area contributed by atoms with E-state index in [1.807, 2.05) is 11.3 Å². The number of furan rings is 1. The maximum Gasteiger partial charge on any atom is 0.137 e. The molecule has 0 unspecified atom stereocenters. The molecule has 0 amide bonds. The van der Waals surface area contributed by atoms with E-state index in [0.717, 1.165) is 56.1 Å². The molecule has 13 aromatic carbocycles. The Morgan fingerprint density at radius 2 is 0.655 bits per heavy atom. The van der Waals surface area contributed by atoms with E-state index in [1.165, 1.54) is 86.9 Å². The van der Waals surface area contributed by atoms with Crippen LogP contribution in [0.5, 0.6) is 0 Å². The molecule has 394 valence electrons. The standard InChI is InChI=1S/C80H52N2OS/c1-5-26-53(27-6-1)79(54-28-7-2-8-29-54)63-40-17-13-36-59(63)75-65(79)42-22-44-67(75)81(69-46-24-49-72-77(69)61-38-15-19-48-71(61)83-72)57-34-21-35-58(52-57)82(70-47-25-51-74-78(70)62-39-16-20-50-73(62)84-74)68-45-23-43-66-76(68)60-37-14-18-41-64(60)80(66,55-30-9-3-10-31-55)56-32-11-4-12-33-56/h1-52H. The van der Waals surface area contributed by atoms with Crippen LogP contribution in [0, 0.1) is 0 Å². The van der Waals surface area contributed by atoms with Crippen LogP contribution >= 0.6 is 11.3 Å². The van der Waals surface area contributed by atoms with Gasteiger partial charge in [0.25, 0.3) is 0 Å². The zero-order valence-electron chi connectivity index (χ0n) is 45.7. The summed E-state index contributed by atoms with van der Waals surface area (Å²) >= 11 is 1.86. The second-order valence-corrected chi connectivity index (χ2v) is 23.2. The molecule has 84 heavy (non-hydrogen) atoms. The molecule has 0 spiro atoms. The summed E-state index contributed by atoms with van der Waals surface area (Å²) in [5, 5.41) is 4.59. The van der Waals surface area contributed by atoms with E-state index >= 15 is 0 Å². The SMILES string of the molecule is c1ccc(C2(c3ccccc3)c3ccccc3-c3c(N(c4cccc(N(c5cccc6c5-c5ccccc5C6(c5ccccc5)c5ccccc5)c5cccc6sc7ccccc7c56)c4)c4cccc5oc6ccccc6c45)cccc32)cc1. The van der Waals surface area contributed by atoms with Crippen molar-refractivity contribution in [3.63, 3.8) is 0 Å². The molecule has 0 saturated carbocycles. The zero-order chi connectivity index (χ0) is 55.3. The summed E-state index contributed by atoms with van der Waals surface area (Å²) in [6, 6.07) is 117. The summed E-state index contributed by atoms with van der Waals surface area (Å²) in [7, 11) is 0. The molecule has 0 bridgehead atoms. The summed E-state index contributed by atoms with van der Waals surface area (Å²) in [6.07, 6.45) is 0. The fourth-order valence-electron chi connectivity index (χ4n) is 14.8. The third kappa shape index (κ3) is 6.86. The number of fused-ring (bicyclic) bond motifs is 12. The predicted octanol–water partition coefficient (Wildman–Crippen LogP) is 21.6. The van der Waals surface area contributed by atoms with Crippen LogP contribution in [0.4, 0.5) is 34.1 Å². The third-order valence-corrected chi connectivity index (χ3v) is 19.1. The smallest absolute Gasteiger partial charge is 0.137 e. The van der Waals surface area contributed by atoms with Gasteiger partial charge < -0.3 is 14.2 Å². The first-order valence-electron chi connectivity index (χ1n) is 28.9. The van der Waals surface area contributed by atoms with Crippen LogP contribution < -0.4 is 9.80 Å². The van der Waals surface area contributed by atoms with Gasteiger partial charge in [-0.3, -0.25) is 0 Å². The van der Waals surface area contributed by atoms with Gasteiger partial charge in [-0.2, -0.15) is 0 Å². The number of thiophene rings is 1. The quantitative estimate of drug-likeness (QED) is 0.136. The van der Waals surface area contributed by atoms with E-state index in [2.05, 4.69) is 325 Å². The first-order chi connectivity index (χ1) is 41.7. The van der Waals surface area contributed by atoms with Crippen molar-refractivity contribution in [2.45, 2.75) is 10.8 Å². The Balaban J connectivity index is 0.974. The summed E-state index contributed by atoms with van der Waals surface area (Å²) < 4.78 is 9.28. The van der Waals surface area contributed by atoms with E-state index in [1.54, 1.807) is 0 Å². The van der Waals surface area contributed by atoms with Crippen molar-refractivity contribution in [1.82, 2.24) is 0 Å². The summed E-state index contributed by atoms with van der Waals surface area (Å²) in [4.78, 5) is 5.09. The maximum absolute atomic E-state index is 6.78. The van der Waals surface area contributed by atoms with Gasteiger partial charge in [-0.1, -0.05) is 249 Å². The molecule has 0 fully saturated rings. The van der Waals surface area contributed by atoms with Gasteiger partial charge in [0.1, 0.15) is 11.2 Å². The van der Waals surface area contributed by atoms with Gasteiger partial charge in [-0.05, 0) is 122 Å². The molecule has 0 aliphatic heterocycles. The molecule has 2 aromatic heterocycles. The maximum atomic E-state index is 6.78. The van der Waals surface area contributed by atoms with Gasteiger partial charge in [-0.15, -0.1) is 11.3 Å². The molecular formula is C80H52N2OS. The van der Waals surface area contributed by atoms with E-state index in [4.69, 9.17) is 4.42 Å². The normalized spacial score (nSPS) is 13.4. The van der Waals surface area contributed by atoms with Crippen molar-refractivity contribution in [1.29, 1.82) is 0 Å². The van der Waals surface area contributed by atoms with Gasteiger partial charge >= 0.3 is 0 Å². The van der Waals surface area contributed by atoms with Crippen LogP contribution in [-0.4, -0.2) is 0 Å². The lowest BCUT2D eigenvalue weighted by Crippen LogP contribution is -2.28. The molecule has 3 nitrogen and oxygen atoms in total. The molecule has 0 radical (unpaired) electrons. The van der Waals surface area contributed by atoms with Crippen molar-refractivity contribution >= 4 is 87.6 Å². The molecule has 0 N–H and O–H groups in total. The molecule has 17 rings (SSSR count). The minimum atomic E-state index is -0.607. The van der Waals surface area contributed by atoms with Gasteiger partial charge in [0.15, 0.2) is 0 Å². The molecule has 0 saturated heterocycles. The van der Waals surface area contributed by atoms with Crippen molar-refractivity contribution in [2.75, 3.05) is 9.80 Å². The monoisotopic (exact) mass is 1090 g/mol. The van der Waals surface area contributed by atoms with Crippen molar-refractivity contribution in [2.24, 2.45) is 0 Å². The van der Waals surface area contributed by atoms with Crippen LogP contribution in [0.15, 0.2) is 320 Å². The highest BCUT2D eigenvalue weighted by Gasteiger charge is 2.49. The Morgan fingerprint density at radius 1 is 0.274 bits per heavy atom. The molecule has 2 aliphatic carbocycles. The Bertz CT molecular complexity index is 4650. The van der Waals surface area contributed by atoms with Gasteiger partial charge in [-0.25, -0.2) is 0 Å². The Morgan fingerprint density at radius 3 is 1.20 bits per heavy atom. The van der Waals surface area contributed by atoms with Gasteiger partial charge in [0, 0.05) is 48.1 Å². The number of anilines is 6. The van der Waals surface area contributed by atoms with E-state index in [0.29, 0.717) is 0 Å². The third-order valence-electron chi connectivity index (χ3n) is 18.0. The van der Waals surface area contributed by atoms with Crippen molar-refractivity contribution in [3.05, 3.63) is 360 Å². The molecule has 15 aromatic rings. The highest BCUT2D eigenvalue weighted by molar-refractivity contribution is 7.26. The lowest BCUT2D eigenvalue weighted by molar-refractivity contribution is 0.669. The van der Waals surface area contributed by atoms with Crippen LogP contribution in [-0.2, 0) is 10.8 Å². The minimum absolute atomic E-state index is 0.597. The largest absolute Gasteiger partial charge is 0.456 e. The van der Waals surface area contributed by atoms with Crippen LogP contribution in [0.1, 0.15) is 44.5 Å². The lowest BCUT2D eigenvalue weighted by Gasteiger charge is -2.35. The van der Waals surface area contributed by atoms with Crippen LogP contribution in [0.2, 0.25) is 0 Å². The van der Waals surface area contributed by atoms with E-state index in [-0.39, 0.29) is 0 Å². The molecule has 2 aliphatic rings. The second-order valence-electron chi connectivity index (χ2n) is 22.1. The topological polar surface area (TPSA) is 19.6 Å². The van der Waals surface area contributed by atoms with E-state index < -0.39 is 10.8 Å². The molecule has 0 atom stereocenters. The molecule has 2 heterocycles. The predicted molar refractivity (Wildman–Crippen MR) is 351 cm³/mol. The highest BCUT2D eigenvalue weighted by Crippen LogP contribution is 2.62. The highest BCUT2D eigenvalue weighted by atomic mass is 32.1. The molecule has 4 heteroatoms. The number of nitrogens with zero attached hydrogens (tertiary/aromatic N) is 2. The number of benzene rings is 13. The van der Waals surface area contributed by atoms with E-state index in [9.17, 15) is 0 Å². The summed E-state index contributed by atoms with van der Waals surface area (Å²) in [5.41, 5.74) is 21.6. The van der Waals surface area contributed by atoms with Gasteiger partial charge in [0.2, 0.25) is 0 Å². The first-order valence-corrected chi connectivity index (χ1v) is 29.7. The van der Waals surface area contributed by atoms with Crippen LogP contribution in [0.3, 0.4) is 0 Å². The number of hydrogen-bond donors (Lipinski definition) is 0. The number of para-hydroxylation sites is 1. The van der Waals surface area contributed by atoms with Crippen molar-refractivity contribution in [3.8, 4) is 22.3 Å². The zero-order valence-corrected chi connectivity index (χ0v) is 46.5. The number of hydrogen-bond acceptors (Lipinski definition) is 4. The summed E-state index contributed by atoms with van der Waals surface area (Å²) in [5.74, 6) is 0. The number of rotatable bonds is 10. The summed E-state index contributed by atoms with van der Waals surface area (Å²) in [6.45, 7) is 0. The Labute approximate surface area is 491 Å². The Hall–Kier alpha value is -10.5. The van der Waals surface area contributed by atoms with Crippen LogP contribution in [0.25, 0.3) is 64.4 Å². The molecular weight excluding hydrogens is 1040 g/mol. The average molecular weight is 1090 g/mol. The minimum Gasteiger partial charge on any atom is -0.456 e. The second kappa shape index (κ2) is 19.0.